The van der Waals surface area contributed by atoms with Crippen LogP contribution in [0.1, 0.15) is 22.8 Å². The predicted molar refractivity (Wildman–Crippen MR) is 79.1 cm³/mol. The number of hydrogen-bond acceptors (Lipinski definition) is 5. The summed E-state index contributed by atoms with van der Waals surface area (Å²) in [6.45, 7) is 4.03. The SMILES string of the molecule is CCOC(=O)c1cccc(N)c1Nc1cncc(C)c1. The molecular weight excluding hydrogens is 254 g/mol. The van der Waals surface area contributed by atoms with Gasteiger partial charge in [0.1, 0.15) is 0 Å². The van der Waals surface area contributed by atoms with Crippen molar-refractivity contribution < 1.29 is 9.53 Å². The molecule has 0 radical (unpaired) electrons. The average Bonchev–Trinajstić information content (AvgIpc) is 2.41. The number of para-hydroxylation sites is 1. The van der Waals surface area contributed by atoms with Crippen molar-refractivity contribution in [3.63, 3.8) is 0 Å². The van der Waals surface area contributed by atoms with Crippen molar-refractivity contribution in [3.8, 4) is 0 Å². The summed E-state index contributed by atoms with van der Waals surface area (Å²) < 4.78 is 5.03. The Morgan fingerprint density at radius 2 is 2.20 bits per heavy atom. The van der Waals surface area contributed by atoms with Gasteiger partial charge in [0.05, 0.1) is 35.4 Å². The first-order chi connectivity index (χ1) is 9.61. The summed E-state index contributed by atoms with van der Waals surface area (Å²) in [6, 6.07) is 7.06. The molecule has 0 fully saturated rings. The Bertz CT molecular complexity index is 626. The Morgan fingerprint density at radius 3 is 2.90 bits per heavy atom. The molecule has 5 nitrogen and oxygen atoms in total. The van der Waals surface area contributed by atoms with Crippen LogP contribution in [0, 0.1) is 6.92 Å². The van der Waals surface area contributed by atoms with Crippen LogP contribution in [0.5, 0.6) is 0 Å². The van der Waals surface area contributed by atoms with E-state index in [-0.39, 0.29) is 0 Å². The molecule has 20 heavy (non-hydrogen) atoms. The summed E-state index contributed by atoms with van der Waals surface area (Å²) in [5, 5.41) is 3.13. The molecule has 2 aromatic rings. The summed E-state index contributed by atoms with van der Waals surface area (Å²) in [5.41, 5.74) is 9.17. The third-order valence-electron chi connectivity index (χ3n) is 2.74. The van der Waals surface area contributed by atoms with Gasteiger partial charge in [-0.2, -0.15) is 0 Å². The fourth-order valence-electron chi connectivity index (χ4n) is 1.86. The van der Waals surface area contributed by atoms with Crippen molar-refractivity contribution in [1.82, 2.24) is 4.98 Å². The molecule has 0 aliphatic rings. The second-order valence-electron chi connectivity index (χ2n) is 4.37. The standard InChI is InChI=1S/C15H17N3O2/c1-3-20-15(19)12-5-4-6-13(16)14(12)18-11-7-10(2)8-17-9-11/h4-9,18H,3,16H2,1-2H3. The van der Waals surface area contributed by atoms with Crippen LogP contribution >= 0.6 is 0 Å². The molecule has 0 bridgehead atoms. The molecule has 2 rings (SSSR count). The Morgan fingerprint density at radius 1 is 1.40 bits per heavy atom. The van der Waals surface area contributed by atoms with Crippen LogP contribution in [-0.4, -0.2) is 17.6 Å². The van der Waals surface area contributed by atoms with E-state index in [1.165, 1.54) is 0 Å². The summed E-state index contributed by atoms with van der Waals surface area (Å²) in [6.07, 6.45) is 3.43. The van der Waals surface area contributed by atoms with E-state index in [0.29, 0.717) is 23.5 Å². The van der Waals surface area contributed by atoms with Crippen molar-refractivity contribution in [1.29, 1.82) is 0 Å². The van der Waals surface area contributed by atoms with Crippen LogP contribution in [0.25, 0.3) is 0 Å². The lowest BCUT2D eigenvalue weighted by atomic mass is 10.1. The fraction of sp³-hybridized carbons (Fsp3) is 0.200. The first-order valence-electron chi connectivity index (χ1n) is 6.36. The minimum Gasteiger partial charge on any atom is -0.462 e. The third-order valence-corrected chi connectivity index (χ3v) is 2.74. The van der Waals surface area contributed by atoms with Gasteiger partial charge in [-0.3, -0.25) is 4.98 Å². The van der Waals surface area contributed by atoms with Gasteiger partial charge in [0.25, 0.3) is 0 Å². The molecule has 0 saturated carbocycles. The van der Waals surface area contributed by atoms with E-state index >= 15 is 0 Å². The zero-order valence-electron chi connectivity index (χ0n) is 11.5. The molecule has 104 valence electrons. The monoisotopic (exact) mass is 271 g/mol. The average molecular weight is 271 g/mol. The summed E-state index contributed by atoms with van der Waals surface area (Å²) in [5.74, 6) is -0.400. The van der Waals surface area contributed by atoms with E-state index in [0.717, 1.165) is 11.3 Å². The number of anilines is 3. The number of benzene rings is 1. The highest BCUT2D eigenvalue weighted by Gasteiger charge is 2.15. The quantitative estimate of drug-likeness (QED) is 0.660. The van der Waals surface area contributed by atoms with E-state index in [1.54, 1.807) is 37.5 Å². The van der Waals surface area contributed by atoms with Crippen LogP contribution in [0.3, 0.4) is 0 Å². The highest BCUT2D eigenvalue weighted by molar-refractivity contribution is 5.99. The van der Waals surface area contributed by atoms with E-state index in [9.17, 15) is 4.79 Å². The van der Waals surface area contributed by atoms with E-state index < -0.39 is 5.97 Å². The van der Waals surface area contributed by atoms with Gasteiger partial charge < -0.3 is 15.8 Å². The highest BCUT2D eigenvalue weighted by Crippen LogP contribution is 2.28. The second-order valence-corrected chi connectivity index (χ2v) is 4.37. The smallest absolute Gasteiger partial charge is 0.340 e. The number of aryl methyl sites for hydroxylation is 1. The summed E-state index contributed by atoms with van der Waals surface area (Å²) >= 11 is 0. The molecule has 1 aromatic carbocycles. The minimum atomic E-state index is -0.400. The maximum absolute atomic E-state index is 11.9. The molecule has 0 amide bonds. The van der Waals surface area contributed by atoms with Crippen molar-refractivity contribution in [2.24, 2.45) is 0 Å². The molecule has 0 unspecified atom stereocenters. The van der Waals surface area contributed by atoms with Crippen LogP contribution in [-0.2, 0) is 4.74 Å². The number of nitrogens with two attached hydrogens (primary N) is 1. The van der Waals surface area contributed by atoms with Gasteiger partial charge in [-0.15, -0.1) is 0 Å². The van der Waals surface area contributed by atoms with Gasteiger partial charge in [-0.05, 0) is 37.6 Å². The zero-order chi connectivity index (χ0) is 14.5. The van der Waals surface area contributed by atoms with Gasteiger partial charge in [0.15, 0.2) is 0 Å². The van der Waals surface area contributed by atoms with Gasteiger partial charge in [0, 0.05) is 6.20 Å². The topological polar surface area (TPSA) is 77.2 Å². The Kier molecular flexibility index (Phi) is 4.20. The van der Waals surface area contributed by atoms with E-state index in [2.05, 4.69) is 10.3 Å². The van der Waals surface area contributed by atoms with Crippen LogP contribution in [0.4, 0.5) is 17.1 Å². The zero-order valence-corrected chi connectivity index (χ0v) is 11.5. The maximum atomic E-state index is 11.9. The first-order valence-corrected chi connectivity index (χ1v) is 6.36. The molecule has 0 atom stereocenters. The number of nitrogen functional groups attached to an aromatic ring is 1. The second kappa shape index (κ2) is 6.06. The highest BCUT2D eigenvalue weighted by atomic mass is 16.5. The lowest BCUT2D eigenvalue weighted by molar-refractivity contribution is 0.0527. The molecule has 5 heteroatoms. The summed E-state index contributed by atoms with van der Waals surface area (Å²) in [4.78, 5) is 16.0. The number of carbonyl (C=O) groups is 1. The van der Waals surface area contributed by atoms with Gasteiger partial charge in [-0.1, -0.05) is 6.07 Å². The number of nitrogens with zero attached hydrogens (tertiary/aromatic N) is 1. The van der Waals surface area contributed by atoms with Gasteiger partial charge in [0.2, 0.25) is 0 Å². The summed E-state index contributed by atoms with van der Waals surface area (Å²) in [7, 11) is 0. The third kappa shape index (κ3) is 3.06. The Labute approximate surface area is 117 Å². The normalized spacial score (nSPS) is 10.1. The molecule has 3 N–H and O–H groups in total. The first kappa shape index (κ1) is 13.9. The number of pyridine rings is 1. The lowest BCUT2D eigenvalue weighted by Crippen LogP contribution is -2.09. The maximum Gasteiger partial charge on any atom is 0.340 e. The molecule has 1 aromatic heterocycles. The molecule has 0 spiro atoms. The number of rotatable bonds is 4. The molecule has 0 aliphatic heterocycles. The van der Waals surface area contributed by atoms with Gasteiger partial charge in [-0.25, -0.2) is 4.79 Å². The van der Waals surface area contributed by atoms with Crippen molar-refractivity contribution >= 4 is 23.0 Å². The number of ether oxygens (including phenoxy) is 1. The van der Waals surface area contributed by atoms with E-state index in [1.807, 2.05) is 13.0 Å². The lowest BCUT2D eigenvalue weighted by Gasteiger charge is -2.13. The molecule has 0 saturated heterocycles. The van der Waals surface area contributed by atoms with Gasteiger partial charge >= 0.3 is 5.97 Å². The predicted octanol–water partition coefficient (Wildman–Crippen LogP) is 2.89. The Hall–Kier alpha value is -2.56. The molecule has 0 aliphatic carbocycles. The number of aromatic nitrogens is 1. The van der Waals surface area contributed by atoms with Crippen LogP contribution in [0.2, 0.25) is 0 Å². The van der Waals surface area contributed by atoms with Crippen molar-refractivity contribution in [2.45, 2.75) is 13.8 Å². The number of esters is 1. The van der Waals surface area contributed by atoms with Crippen molar-refractivity contribution in [3.05, 3.63) is 47.8 Å². The number of carbonyl (C=O) groups excluding carboxylic acids is 1. The Balaban J connectivity index is 2.37. The van der Waals surface area contributed by atoms with E-state index in [4.69, 9.17) is 10.5 Å². The minimum absolute atomic E-state index is 0.319. The molecular formula is C15H17N3O2. The van der Waals surface area contributed by atoms with Crippen LogP contribution in [0.15, 0.2) is 36.7 Å². The largest absolute Gasteiger partial charge is 0.462 e. The number of nitrogens with one attached hydrogen (secondary N) is 1. The molecule has 1 heterocycles. The fourth-order valence-corrected chi connectivity index (χ4v) is 1.86. The van der Waals surface area contributed by atoms with Crippen LogP contribution < -0.4 is 11.1 Å². The van der Waals surface area contributed by atoms with Crippen molar-refractivity contribution in [2.75, 3.05) is 17.7 Å². The number of hydrogen-bond donors (Lipinski definition) is 2.